The van der Waals surface area contributed by atoms with Crippen LogP contribution in [0.5, 0.6) is 0 Å². The van der Waals surface area contributed by atoms with Crippen LogP contribution in [0.25, 0.3) is 0 Å². The molecule has 0 bridgehead atoms. The second kappa shape index (κ2) is 62.4. The van der Waals surface area contributed by atoms with Gasteiger partial charge in [-0.2, -0.15) is 0 Å². The minimum atomic E-state index is -0.773. The van der Waals surface area contributed by atoms with Gasteiger partial charge in [0.1, 0.15) is 13.2 Å². The van der Waals surface area contributed by atoms with Crippen LogP contribution in [0.15, 0.2) is 24.3 Å². The maximum atomic E-state index is 12.8. The number of rotatable bonds is 61. The minimum Gasteiger partial charge on any atom is -0.462 e. The Balaban J connectivity index is 4.05. The molecule has 430 valence electrons. The third kappa shape index (κ3) is 60.6. The average Bonchev–Trinajstić information content (AvgIpc) is 3.39. The summed E-state index contributed by atoms with van der Waals surface area (Å²) in [6, 6.07) is 0. The van der Waals surface area contributed by atoms with Gasteiger partial charge in [-0.3, -0.25) is 14.4 Å². The topological polar surface area (TPSA) is 78.9 Å². The fourth-order valence-electron chi connectivity index (χ4n) is 10.0. The lowest BCUT2D eigenvalue weighted by molar-refractivity contribution is -0.167. The summed E-state index contributed by atoms with van der Waals surface area (Å²) in [6.07, 6.45) is 75.1. The van der Waals surface area contributed by atoms with E-state index in [1.54, 1.807) is 0 Å². The van der Waals surface area contributed by atoms with E-state index in [1.807, 2.05) is 0 Å². The molecule has 0 aromatic rings. The Bertz CT molecular complexity index is 1180. The van der Waals surface area contributed by atoms with Crippen molar-refractivity contribution >= 4 is 17.9 Å². The van der Waals surface area contributed by atoms with Crippen molar-refractivity contribution in [3.63, 3.8) is 0 Å². The molecule has 0 rings (SSSR count). The lowest BCUT2D eigenvalue weighted by atomic mass is 10.0. The molecule has 1 unspecified atom stereocenters. The fourth-order valence-corrected chi connectivity index (χ4v) is 10.0. The summed E-state index contributed by atoms with van der Waals surface area (Å²) >= 11 is 0. The van der Waals surface area contributed by atoms with E-state index < -0.39 is 6.10 Å². The smallest absolute Gasteiger partial charge is 0.306 e. The molecule has 0 aliphatic heterocycles. The van der Waals surface area contributed by atoms with E-state index in [2.05, 4.69) is 45.1 Å². The van der Waals surface area contributed by atoms with Crippen molar-refractivity contribution in [2.24, 2.45) is 0 Å². The molecule has 73 heavy (non-hydrogen) atoms. The summed E-state index contributed by atoms with van der Waals surface area (Å²) < 4.78 is 16.9. The number of ether oxygens (including phenoxy) is 3. The molecule has 0 radical (unpaired) electrons. The van der Waals surface area contributed by atoms with Gasteiger partial charge in [-0.15, -0.1) is 0 Å². The minimum absolute atomic E-state index is 0.0717. The molecule has 0 saturated heterocycles. The zero-order chi connectivity index (χ0) is 52.9. The summed E-state index contributed by atoms with van der Waals surface area (Å²) in [5, 5.41) is 0. The van der Waals surface area contributed by atoms with Crippen molar-refractivity contribution in [2.45, 2.75) is 374 Å². The number of hydrogen-bond acceptors (Lipinski definition) is 6. The molecule has 0 amide bonds. The fraction of sp³-hybridized carbons (Fsp3) is 0.896. The largest absolute Gasteiger partial charge is 0.462 e. The monoisotopic (exact) mass is 1030 g/mol. The van der Waals surface area contributed by atoms with Crippen molar-refractivity contribution in [2.75, 3.05) is 13.2 Å². The van der Waals surface area contributed by atoms with Crippen molar-refractivity contribution in [3.8, 4) is 0 Å². The maximum Gasteiger partial charge on any atom is 0.306 e. The molecule has 0 fully saturated rings. The first kappa shape index (κ1) is 70.9. The van der Waals surface area contributed by atoms with Crippen LogP contribution < -0.4 is 0 Å². The Hall–Kier alpha value is -2.11. The molecule has 0 spiro atoms. The molecule has 0 N–H and O–H groups in total. The molecule has 1 atom stereocenters. The number of esters is 3. The number of carbonyl (C=O) groups excluding carboxylic acids is 3. The van der Waals surface area contributed by atoms with Crippen LogP contribution in [-0.2, 0) is 28.6 Å². The quantitative estimate of drug-likeness (QED) is 0.0261. The first-order valence-electron chi connectivity index (χ1n) is 32.8. The van der Waals surface area contributed by atoms with Gasteiger partial charge in [-0.05, 0) is 51.4 Å². The molecule has 0 aliphatic carbocycles. The Labute approximate surface area is 455 Å². The van der Waals surface area contributed by atoms with Crippen molar-refractivity contribution < 1.29 is 28.6 Å². The summed E-state index contributed by atoms with van der Waals surface area (Å²) in [6.45, 7) is 6.65. The number of carbonyl (C=O) groups is 3. The van der Waals surface area contributed by atoms with E-state index in [-0.39, 0.29) is 31.1 Å². The Morgan fingerprint density at radius 1 is 0.274 bits per heavy atom. The van der Waals surface area contributed by atoms with Gasteiger partial charge in [-0.25, -0.2) is 0 Å². The highest BCUT2D eigenvalue weighted by atomic mass is 16.6. The van der Waals surface area contributed by atoms with Crippen LogP contribution in [0.3, 0.4) is 0 Å². The van der Waals surface area contributed by atoms with Gasteiger partial charge in [0.15, 0.2) is 6.10 Å². The van der Waals surface area contributed by atoms with Crippen LogP contribution in [-0.4, -0.2) is 37.2 Å². The van der Waals surface area contributed by atoms with E-state index in [9.17, 15) is 14.4 Å². The molecule has 6 heteroatoms. The third-order valence-corrected chi connectivity index (χ3v) is 15.0. The number of hydrogen-bond donors (Lipinski definition) is 0. The van der Waals surface area contributed by atoms with Gasteiger partial charge in [-0.1, -0.05) is 321 Å². The molecule has 0 aromatic carbocycles. The molecule has 0 aliphatic rings. The molecular formula is C67H126O6. The predicted molar refractivity (Wildman–Crippen MR) is 316 cm³/mol. The highest BCUT2D eigenvalue weighted by Gasteiger charge is 2.19. The third-order valence-electron chi connectivity index (χ3n) is 15.0. The molecule has 0 heterocycles. The highest BCUT2D eigenvalue weighted by Crippen LogP contribution is 2.18. The van der Waals surface area contributed by atoms with E-state index in [4.69, 9.17) is 14.2 Å². The zero-order valence-corrected chi connectivity index (χ0v) is 49.4. The van der Waals surface area contributed by atoms with E-state index in [1.165, 1.54) is 250 Å². The van der Waals surface area contributed by atoms with Crippen LogP contribution in [0, 0.1) is 0 Å². The van der Waals surface area contributed by atoms with Crippen LogP contribution in [0.2, 0.25) is 0 Å². The predicted octanol–water partition coefficient (Wildman–Crippen LogP) is 22.2. The molecule has 0 aromatic heterocycles. The van der Waals surface area contributed by atoms with Crippen molar-refractivity contribution in [3.05, 3.63) is 24.3 Å². The van der Waals surface area contributed by atoms with Crippen molar-refractivity contribution in [1.29, 1.82) is 0 Å². The first-order chi connectivity index (χ1) is 36.0. The summed E-state index contributed by atoms with van der Waals surface area (Å²) in [5.74, 6) is -0.865. The van der Waals surface area contributed by atoms with Gasteiger partial charge in [0, 0.05) is 19.3 Å². The Morgan fingerprint density at radius 3 is 0.767 bits per heavy atom. The Morgan fingerprint density at radius 2 is 0.493 bits per heavy atom. The highest BCUT2D eigenvalue weighted by molar-refractivity contribution is 5.71. The molecular weight excluding hydrogens is 901 g/mol. The van der Waals surface area contributed by atoms with E-state index in [0.717, 1.165) is 77.0 Å². The van der Waals surface area contributed by atoms with Gasteiger partial charge < -0.3 is 14.2 Å². The number of allylic oxidation sites excluding steroid dienone is 4. The molecule has 0 saturated carbocycles. The number of unbranched alkanes of at least 4 members (excludes halogenated alkanes) is 46. The zero-order valence-electron chi connectivity index (χ0n) is 49.4. The van der Waals surface area contributed by atoms with Gasteiger partial charge in [0.25, 0.3) is 0 Å². The second-order valence-electron chi connectivity index (χ2n) is 22.4. The van der Waals surface area contributed by atoms with Gasteiger partial charge in [0.05, 0.1) is 0 Å². The van der Waals surface area contributed by atoms with Gasteiger partial charge in [0.2, 0.25) is 0 Å². The average molecular weight is 1030 g/mol. The maximum absolute atomic E-state index is 12.8. The standard InChI is InChI=1S/C67H126O6/c1-4-7-10-13-16-19-21-23-25-27-28-29-30-31-32-33-34-35-36-37-38-39-40-42-43-45-48-51-54-57-60-66(69)72-63-64(62-71-65(68)59-56-53-50-47-18-15-12-9-6-3)73-67(70)61-58-55-52-49-46-44-41-26-24-22-20-17-14-11-8-5-2/h20,22,26,41,64H,4-19,21,23-25,27-40,42-63H2,1-3H3/b22-20-,41-26-. The summed E-state index contributed by atoms with van der Waals surface area (Å²) in [4.78, 5) is 38.1. The van der Waals surface area contributed by atoms with E-state index >= 15 is 0 Å². The summed E-state index contributed by atoms with van der Waals surface area (Å²) in [5.41, 5.74) is 0. The lowest BCUT2D eigenvalue weighted by Crippen LogP contribution is -2.30. The van der Waals surface area contributed by atoms with Crippen molar-refractivity contribution in [1.82, 2.24) is 0 Å². The van der Waals surface area contributed by atoms with E-state index in [0.29, 0.717) is 19.3 Å². The lowest BCUT2D eigenvalue weighted by Gasteiger charge is -2.18. The normalized spacial score (nSPS) is 12.1. The van der Waals surface area contributed by atoms with Crippen LogP contribution in [0.1, 0.15) is 367 Å². The first-order valence-corrected chi connectivity index (χ1v) is 32.8. The second-order valence-corrected chi connectivity index (χ2v) is 22.4. The molecule has 6 nitrogen and oxygen atoms in total. The van der Waals surface area contributed by atoms with Crippen LogP contribution in [0.4, 0.5) is 0 Å². The SMILES string of the molecule is CCCCCC/C=C\C/C=C\CCCCCCCC(=O)OC(COC(=O)CCCCCCCCCCC)COC(=O)CCCCCCCCCCCCCCCCCCCCCCCCCCCCCCCC. The van der Waals surface area contributed by atoms with Crippen LogP contribution >= 0.6 is 0 Å². The summed E-state index contributed by atoms with van der Waals surface area (Å²) in [7, 11) is 0. The van der Waals surface area contributed by atoms with Gasteiger partial charge >= 0.3 is 17.9 Å². The Kier molecular flexibility index (Phi) is 60.6.